The van der Waals surface area contributed by atoms with E-state index in [1.807, 2.05) is 0 Å². The lowest BCUT2D eigenvalue weighted by Crippen LogP contribution is -2.34. The molecular formula is C21H17ClFN3O4S. The number of benzene rings is 2. The predicted octanol–water partition coefficient (Wildman–Crippen LogP) is 4.11. The van der Waals surface area contributed by atoms with E-state index >= 15 is 0 Å². The summed E-state index contributed by atoms with van der Waals surface area (Å²) in [7, 11) is 0. The molecule has 1 unspecified atom stereocenters. The van der Waals surface area contributed by atoms with Crippen LogP contribution in [0.4, 0.5) is 10.1 Å². The third-order valence-corrected chi connectivity index (χ3v) is 6.56. The predicted molar refractivity (Wildman–Crippen MR) is 118 cm³/mol. The van der Waals surface area contributed by atoms with Crippen molar-refractivity contribution >= 4 is 51.8 Å². The first-order valence-electron chi connectivity index (χ1n) is 9.36. The van der Waals surface area contributed by atoms with Crippen LogP contribution in [0.1, 0.15) is 28.2 Å². The smallest absolute Gasteiger partial charge is 0.341 e. The molecule has 4 rings (SSSR count). The van der Waals surface area contributed by atoms with Crippen LogP contribution in [-0.4, -0.2) is 32.3 Å². The Hall–Kier alpha value is -3.04. The van der Waals surface area contributed by atoms with E-state index < -0.39 is 28.2 Å². The minimum absolute atomic E-state index is 0.00919. The molecule has 7 nitrogen and oxygen atoms in total. The molecular weight excluding hydrogens is 445 g/mol. The fourth-order valence-electron chi connectivity index (χ4n) is 3.49. The van der Waals surface area contributed by atoms with E-state index in [1.165, 1.54) is 29.0 Å². The Morgan fingerprint density at radius 2 is 2.06 bits per heavy atom. The Kier molecular flexibility index (Phi) is 5.63. The van der Waals surface area contributed by atoms with Gasteiger partial charge in [0.05, 0.1) is 17.0 Å². The number of carboxylic acid groups (broad SMARTS) is 1. The van der Waals surface area contributed by atoms with Crippen LogP contribution >= 0.6 is 23.4 Å². The van der Waals surface area contributed by atoms with Gasteiger partial charge in [-0.05, 0) is 25.1 Å². The average molecular weight is 462 g/mol. The van der Waals surface area contributed by atoms with Gasteiger partial charge < -0.3 is 9.67 Å². The summed E-state index contributed by atoms with van der Waals surface area (Å²) in [6.07, 6.45) is 1.23. The quantitative estimate of drug-likeness (QED) is 0.594. The Bertz CT molecular complexity index is 1280. The third kappa shape index (κ3) is 3.75. The van der Waals surface area contributed by atoms with Crippen molar-refractivity contribution in [1.29, 1.82) is 0 Å². The van der Waals surface area contributed by atoms with Crippen molar-refractivity contribution < 1.29 is 19.1 Å². The molecule has 0 spiro atoms. The molecule has 1 aliphatic rings. The van der Waals surface area contributed by atoms with Crippen LogP contribution in [-0.2, 0) is 11.3 Å². The van der Waals surface area contributed by atoms with Gasteiger partial charge >= 0.3 is 5.97 Å². The maximum Gasteiger partial charge on any atom is 0.341 e. The van der Waals surface area contributed by atoms with Crippen LogP contribution in [0.3, 0.4) is 0 Å². The van der Waals surface area contributed by atoms with Gasteiger partial charge in [-0.1, -0.05) is 29.8 Å². The van der Waals surface area contributed by atoms with Gasteiger partial charge in [-0.15, -0.1) is 11.8 Å². The van der Waals surface area contributed by atoms with Crippen molar-refractivity contribution in [2.24, 2.45) is 0 Å². The van der Waals surface area contributed by atoms with Crippen molar-refractivity contribution in [2.45, 2.75) is 18.8 Å². The van der Waals surface area contributed by atoms with Crippen molar-refractivity contribution in [1.82, 2.24) is 9.58 Å². The number of nitrogens with zero attached hydrogens (tertiary/aromatic N) is 2. The molecule has 1 saturated heterocycles. The van der Waals surface area contributed by atoms with Gasteiger partial charge in [0, 0.05) is 28.7 Å². The highest BCUT2D eigenvalue weighted by molar-refractivity contribution is 8.00. The van der Waals surface area contributed by atoms with Crippen molar-refractivity contribution in [2.75, 3.05) is 11.2 Å². The van der Waals surface area contributed by atoms with E-state index in [4.69, 9.17) is 11.6 Å². The minimum Gasteiger partial charge on any atom is -0.477 e. The van der Waals surface area contributed by atoms with Gasteiger partial charge in [-0.2, -0.15) is 0 Å². The van der Waals surface area contributed by atoms with Crippen LogP contribution in [0.2, 0.25) is 5.02 Å². The molecule has 1 fully saturated rings. The summed E-state index contributed by atoms with van der Waals surface area (Å²) in [6.45, 7) is 2.14. The largest absolute Gasteiger partial charge is 0.477 e. The van der Waals surface area contributed by atoms with Gasteiger partial charge in [-0.25, -0.2) is 14.2 Å². The first kappa shape index (κ1) is 21.2. The minimum atomic E-state index is -1.38. The molecule has 160 valence electrons. The van der Waals surface area contributed by atoms with Gasteiger partial charge in [0.2, 0.25) is 5.43 Å². The van der Waals surface area contributed by atoms with Crippen LogP contribution in [0.5, 0.6) is 0 Å². The topological polar surface area (TPSA) is 91.6 Å². The number of halogens is 2. The molecule has 0 bridgehead atoms. The molecule has 3 aromatic rings. The molecule has 31 heavy (non-hydrogen) atoms. The third-order valence-electron chi connectivity index (χ3n) is 5.02. The number of carboxylic acids is 1. The second-order valence-electron chi connectivity index (χ2n) is 6.87. The van der Waals surface area contributed by atoms with E-state index in [0.29, 0.717) is 22.6 Å². The Morgan fingerprint density at radius 3 is 2.74 bits per heavy atom. The highest BCUT2D eigenvalue weighted by atomic mass is 35.5. The molecule has 1 aromatic heterocycles. The van der Waals surface area contributed by atoms with E-state index in [0.717, 1.165) is 6.07 Å². The Morgan fingerprint density at radius 1 is 1.32 bits per heavy atom. The molecule has 2 N–H and O–H groups in total. The lowest BCUT2D eigenvalue weighted by Gasteiger charge is -2.26. The van der Waals surface area contributed by atoms with Gasteiger partial charge in [-0.3, -0.25) is 15.0 Å². The van der Waals surface area contributed by atoms with Gasteiger partial charge in [0.25, 0.3) is 5.91 Å². The number of hydrazine groups is 1. The second-order valence-corrected chi connectivity index (χ2v) is 8.35. The zero-order chi connectivity index (χ0) is 22.3. The number of pyridine rings is 1. The molecule has 1 atom stereocenters. The zero-order valence-electron chi connectivity index (χ0n) is 16.3. The fourth-order valence-corrected chi connectivity index (χ4v) is 4.94. The van der Waals surface area contributed by atoms with Crippen molar-refractivity contribution in [3.63, 3.8) is 0 Å². The van der Waals surface area contributed by atoms with E-state index in [9.17, 15) is 23.9 Å². The summed E-state index contributed by atoms with van der Waals surface area (Å²) >= 11 is 7.64. The number of rotatable bonds is 5. The standard InChI is InChI=1S/C21H17ClFN3O4S/c1-2-25-9-13(21(29)30)19(28)12-7-15(23)16(8-17(12)25)24-26-18(27)10-31-20(26)11-5-3-4-6-14(11)22/h3-9,20,24H,2,10H2,1H3,(H,29,30). The molecule has 10 heteroatoms. The number of carbonyl (C=O) groups is 2. The molecule has 0 saturated carbocycles. The normalized spacial score (nSPS) is 16.2. The number of aromatic carboxylic acids is 1. The lowest BCUT2D eigenvalue weighted by molar-refractivity contribution is -0.126. The van der Waals surface area contributed by atoms with Crippen LogP contribution in [0.25, 0.3) is 10.9 Å². The van der Waals surface area contributed by atoms with Crippen LogP contribution in [0.15, 0.2) is 47.4 Å². The SMILES string of the molecule is CCn1cc(C(=O)O)c(=O)c2cc(F)c(NN3C(=O)CSC3c3ccccc3Cl)cc21. The summed E-state index contributed by atoms with van der Waals surface area (Å²) < 4.78 is 16.5. The van der Waals surface area contributed by atoms with E-state index in [2.05, 4.69) is 5.43 Å². The molecule has 1 amide bonds. The average Bonchev–Trinajstić information content (AvgIpc) is 3.09. The van der Waals surface area contributed by atoms with Crippen molar-refractivity contribution in [3.05, 3.63) is 74.8 Å². The maximum absolute atomic E-state index is 14.9. The summed E-state index contributed by atoms with van der Waals surface area (Å²) in [5, 5.41) is 10.6. The highest BCUT2D eigenvalue weighted by Crippen LogP contribution is 2.41. The summed E-state index contributed by atoms with van der Waals surface area (Å²) in [6, 6.07) is 9.50. The molecule has 0 aliphatic carbocycles. The van der Waals surface area contributed by atoms with Gasteiger partial charge in [0.1, 0.15) is 16.8 Å². The van der Waals surface area contributed by atoms with Crippen molar-refractivity contribution in [3.8, 4) is 0 Å². The van der Waals surface area contributed by atoms with Gasteiger partial charge in [0.15, 0.2) is 0 Å². The number of carbonyl (C=O) groups excluding carboxylic acids is 1. The number of aryl methyl sites for hydroxylation is 1. The summed E-state index contributed by atoms with van der Waals surface area (Å²) in [5.41, 5.74) is 2.70. The van der Waals surface area contributed by atoms with Crippen LogP contribution < -0.4 is 10.9 Å². The summed E-state index contributed by atoms with van der Waals surface area (Å²) in [5.74, 6) is -2.21. The van der Waals surface area contributed by atoms with Crippen LogP contribution in [0, 0.1) is 5.82 Å². The van der Waals surface area contributed by atoms with E-state index in [1.54, 1.807) is 35.8 Å². The van der Waals surface area contributed by atoms with E-state index in [-0.39, 0.29) is 22.7 Å². The molecule has 1 aliphatic heterocycles. The lowest BCUT2D eigenvalue weighted by atomic mass is 10.1. The monoisotopic (exact) mass is 461 g/mol. The first-order valence-corrected chi connectivity index (χ1v) is 10.8. The highest BCUT2D eigenvalue weighted by Gasteiger charge is 2.35. The number of thioether (sulfide) groups is 1. The number of nitrogens with one attached hydrogen (secondary N) is 1. The number of aromatic nitrogens is 1. The number of fused-ring (bicyclic) bond motifs is 1. The number of hydrogen-bond donors (Lipinski definition) is 2. The maximum atomic E-state index is 14.9. The molecule has 0 radical (unpaired) electrons. The Labute approximate surface area is 185 Å². The first-order chi connectivity index (χ1) is 14.8. The Balaban J connectivity index is 1.79. The number of amides is 1. The second kappa shape index (κ2) is 8.24. The molecule has 2 aromatic carbocycles. The fraction of sp³-hybridized carbons (Fsp3) is 0.190. The summed E-state index contributed by atoms with van der Waals surface area (Å²) in [4.78, 5) is 36.4. The number of anilines is 1. The number of hydrogen-bond acceptors (Lipinski definition) is 5. The zero-order valence-corrected chi connectivity index (χ0v) is 17.8. The molecule has 2 heterocycles.